The number of piperidine rings is 1. The van der Waals surface area contributed by atoms with Gasteiger partial charge in [-0.3, -0.25) is 4.90 Å². The minimum Gasteiger partial charge on any atom is -0.493 e. The van der Waals surface area contributed by atoms with Crippen molar-refractivity contribution in [2.45, 2.75) is 44.3 Å². The van der Waals surface area contributed by atoms with Gasteiger partial charge in [-0.1, -0.05) is 42.5 Å². The fourth-order valence-electron chi connectivity index (χ4n) is 4.32. The summed E-state index contributed by atoms with van der Waals surface area (Å²) >= 11 is 0. The van der Waals surface area contributed by atoms with Gasteiger partial charge in [0, 0.05) is 12.8 Å². The van der Waals surface area contributed by atoms with E-state index < -0.39 is 22.0 Å². The van der Waals surface area contributed by atoms with Crippen molar-refractivity contribution < 1.29 is 36.2 Å². The average Bonchev–Trinajstić information content (AvgIpc) is 2.90. The van der Waals surface area contributed by atoms with E-state index in [1.807, 2.05) is 36.4 Å². The third kappa shape index (κ3) is 9.38. The van der Waals surface area contributed by atoms with Gasteiger partial charge < -0.3 is 9.84 Å². The maximum Gasteiger partial charge on any atom is 0.490 e. The van der Waals surface area contributed by atoms with Gasteiger partial charge in [-0.25, -0.2) is 13.2 Å². The molecule has 0 atom stereocenters. The molecule has 6 nitrogen and oxygen atoms in total. The van der Waals surface area contributed by atoms with Crippen LogP contribution in [0.5, 0.6) is 5.75 Å². The Hall–Kier alpha value is -3.37. The molecule has 216 valence electrons. The highest BCUT2D eigenvalue weighted by atomic mass is 32.2. The first kappa shape index (κ1) is 31.2. The van der Waals surface area contributed by atoms with Crippen molar-refractivity contribution in [3.8, 4) is 16.9 Å². The standard InChI is InChI=1S/C28H33NO3S.C2HF3O2/c1-21-4-5-24(18-22(21)2)19-29-16-14-23(15-17-29)20-32-27-10-6-25(7-11-27)26-8-12-28(13-9-26)33(3,30)31;3-2(4,5)1(6)7/h4-13,18,23H,14-17,19-20H2,1-3H3;(H,6,7). The highest BCUT2D eigenvalue weighted by Crippen LogP contribution is 2.26. The molecular formula is C30H34F3NO5S. The SMILES string of the molecule is Cc1ccc(CN2CCC(COc3ccc(-c4ccc(S(C)(=O)=O)cc4)cc3)CC2)cc1C.O=C(O)C(F)(F)F. The molecule has 0 unspecified atom stereocenters. The molecule has 1 aliphatic heterocycles. The number of nitrogens with zero attached hydrogens (tertiary/aromatic N) is 1. The fourth-order valence-corrected chi connectivity index (χ4v) is 4.95. The topological polar surface area (TPSA) is 83.9 Å². The van der Waals surface area contributed by atoms with Crippen LogP contribution in [-0.2, 0) is 21.2 Å². The Morgan fingerprint density at radius 3 is 1.93 bits per heavy atom. The van der Waals surface area contributed by atoms with E-state index in [1.165, 1.54) is 22.9 Å². The molecule has 0 radical (unpaired) electrons. The number of rotatable bonds is 7. The molecule has 0 amide bonds. The number of ether oxygens (including phenoxy) is 1. The number of aryl methyl sites for hydroxylation is 2. The molecule has 3 aromatic rings. The Morgan fingerprint density at radius 1 is 0.925 bits per heavy atom. The molecule has 1 fully saturated rings. The molecule has 1 heterocycles. The smallest absolute Gasteiger partial charge is 0.490 e. The van der Waals surface area contributed by atoms with Crippen LogP contribution in [0.15, 0.2) is 71.6 Å². The van der Waals surface area contributed by atoms with Crippen LogP contribution in [0.25, 0.3) is 11.1 Å². The molecule has 1 aliphatic rings. The highest BCUT2D eigenvalue weighted by molar-refractivity contribution is 7.90. The van der Waals surface area contributed by atoms with Crippen molar-refractivity contribution in [2.75, 3.05) is 26.0 Å². The molecule has 10 heteroatoms. The summed E-state index contributed by atoms with van der Waals surface area (Å²) in [5.41, 5.74) is 6.16. The molecule has 0 aromatic heterocycles. The van der Waals surface area contributed by atoms with E-state index in [0.717, 1.165) is 56.0 Å². The second kappa shape index (κ2) is 13.3. The zero-order valence-electron chi connectivity index (χ0n) is 22.7. The first-order valence-corrected chi connectivity index (χ1v) is 14.7. The Bertz CT molecular complexity index is 1380. The number of benzene rings is 3. The lowest BCUT2D eigenvalue weighted by molar-refractivity contribution is -0.192. The van der Waals surface area contributed by atoms with Gasteiger partial charge in [0.05, 0.1) is 11.5 Å². The van der Waals surface area contributed by atoms with Gasteiger partial charge in [0.1, 0.15) is 5.75 Å². The van der Waals surface area contributed by atoms with Crippen molar-refractivity contribution in [1.82, 2.24) is 4.90 Å². The summed E-state index contributed by atoms with van der Waals surface area (Å²) in [5.74, 6) is -1.29. The van der Waals surface area contributed by atoms with Crippen molar-refractivity contribution in [1.29, 1.82) is 0 Å². The molecule has 40 heavy (non-hydrogen) atoms. The van der Waals surface area contributed by atoms with E-state index in [1.54, 1.807) is 12.1 Å². The summed E-state index contributed by atoms with van der Waals surface area (Å²) in [6, 6.07) is 21.8. The first-order valence-electron chi connectivity index (χ1n) is 12.8. The van der Waals surface area contributed by atoms with Crippen LogP contribution in [0.2, 0.25) is 0 Å². The monoisotopic (exact) mass is 577 g/mol. The molecule has 4 rings (SSSR count). The van der Waals surface area contributed by atoms with Crippen molar-refractivity contribution in [2.24, 2.45) is 5.92 Å². The van der Waals surface area contributed by atoms with E-state index in [2.05, 4.69) is 36.9 Å². The normalized spacial score (nSPS) is 14.8. The lowest BCUT2D eigenvalue weighted by Gasteiger charge is -2.32. The molecule has 0 saturated carbocycles. The maximum atomic E-state index is 11.6. The van der Waals surface area contributed by atoms with Crippen molar-refractivity contribution >= 4 is 15.8 Å². The van der Waals surface area contributed by atoms with E-state index in [9.17, 15) is 21.6 Å². The Balaban J connectivity index is 0.000000559. The number of alkyl halides is 3. The van der Waals surface area contributed by atoms with Gasteiger partial charge in [0.15, 0.2) is 9.84 Å². The molecule has 0 aliphatic carbocycles. The summed E-state index contributed by atoms with van der Waals surface area (Å²) in [4.78, 5) is 11.8. The second-order valence-corrected chi connectivity index (χ2v) is 12.1. The van der Waals surface area contributed by atoms with Crippen LogP contribution in [0.3, 0.4) is 0 Å². The maximum absolute atomic E-state index is 11.6. The quantitative estimate of drug-likeness (QED) is 0.355. The number of hydrogen-bond donors (Lipinski definition) is 1. The predicted octanol–water partition coefficient (Wildman–Crippen LogP) is 6.30. The number of carboxylic acid groups (broad SMARTS) is 1. The fraction of sp³-hybridized carbons (Fsp3) is 0.367. The van der Waals surface area contributed by atoms with E-state index in [0.29, 0.717) is 10.8 Å². The highest BCUT2D eigenvalue weighted by Gasteiger charge is 2.38. The number of halogens is 3. The Morgan fingerprint density at radius 2 is 1.45 bits per heavy atom. The summed E-state index contributed by atoms with van der Waals surface area (Å²) in [5, 5.41) is 7.12. The largest absolute Gasteiger partial charge is 0.493 e. The predicted molar refractivity (Wildman–Crippen MR) is 148 cm³/mol. The third-order valence-corrected chi connectivity index (χ3v) is 8.01. The summed E-state index contributed by atoms with van der Waals surface area (Å²) in [6.45, 7) is 8.35. The number of sulfone groups is 1. The zero-order valence-corrected chi connectivity index (χ0v) is 23.6. The van der Waals surface area contributed by atoms with Crippen LogP contribution in [0.4, 0.5) is 13.2 Å². The van der Waals surface area contributed by atoms with Crippen LogP contribution in [0, 0.1) is 19.8 Å². The number of likely N-dealkylation sites (tertiary alicyclic amines) is 1. The van der Waals surface area contributed by atoms with Crippen LogP contribution in [0.1, 0.15) is 29.5 Å². The average molecular weight is 578 g/mol. The van der Waals surface area contributed by atoms with Crippen molar-refractivity contribution in [3.63, 3.8) is 0 Å². The molecule has 0 bridgehead atoms. The Labute approximate surface area is 233 Å². The Kier molecular flexibility index (Phi) is 10.4. The molecule has 3 aromatic carbocycles. The number of hydrogen-bond acceptors (Lipinski definition) is 5. The van der Waals surface area contributed by atoms with E-state index in [-0.39, 0.29) is 0 Å². The summed E-state index contributed by atoms with van der Waals surface area (Å²) < 4.78 is 61.1. The van der Waals surface area contributed by atoms with Gasteiger partial charge in [0.25, 0.3) is 0 Å². The van der Waals surface area contributed by atoms with E-state index in [4.69, 9.17) is 14.6 Å². The third-order valence-electron chi connectivity index (χ3n) is 6.88. The van der Waals surface area contributed by atoms with Gasteiger partial charge in [-0.15, -0.1) is 0 Å². The molecular weight excluding hydrogens is 543 g/mol. The number of carbonyl (C=O) groups is 1. The number of carboxylic acids is 1. The minimum absolute atomic E-state index is 0.339. The van der Waals surface area contributed by atoms with Gasteiger partial charge in [-0.2, -0.15) is 13.2 Å². The summed E-state index contributed by atoms with van der Waals surface area (Å²) in [7, 11) is -3.17. The van der Waals surface area contributed by atoms with Gasteiger partial charge in [-0.05, 0) is 97.8 Å². The van der Waals surface area contributed by atoms with Gasteiger partial charge >= 0.3 is 12.1 Å². The molecule has 1 saturated heterocycles. The second-order valence-electron chi connectivity index (χ2n) is 10.1. The zero-order chi connectivity index (χ0) is 29.5. The lowest BCUT2D eigenvalue weighted by atomic mass is 9.97. The van der Waals surface area contributed by atoms with Crippen LogP contribution < -0.4 is 4.74 Å². The van der Waals surface area contributed by atoms with Crippen LogP contribution in [-0.4, -0.2) is 56.5 Å². The first-order chi connectivity index (χ1) is 18.7. The summed E-state index contributed by atoms with van der Waals surface area (Å²) in [6.07, 6.45) is -1.53. The van der Waals surface area contributed by atoms with Gasteiger partial charge in [0.2, 0.25) is 0 Å². The van der Waals surface area contributed by atoms with Crippen LogP contribution >= 0.6 is 0 Å². The molecule has 0 spiro atoms. The number of aliphatic carboxylic acids is 1. The lowest BCUT2D eigenvalue weighted by Crippen LogP contribution is -2.35. The minimum atomic E-state index is -5.08. The van der Waals surface area contributed by atoms with E-state index >= 15 is 0 Å². The molecule has 1 N–H and O–H groups in total. The van der Waals surface area contributed by atoms with Crippen molar-refractivity contribution in [3.05, 3.63) is 83.4 Å².